The molecule has 1 aromatic rings. The van der Waals surface area contributed by atoms with Gasteiger partial charge in [-0.3, -0.25) is 4.79 Å². The lowest BCUT2D eigenvalue weighted by atomic mass is 10.3. The molecule has 1 heterocycles. The average molecular weight is 188 g/mol. The minimum Gasteiger partial charge on any atom is -0.395 e. The smallest absolute Gasteiger partial charge is 0.269 e. The van der Waals surface area contributed by atoms with Gasteiger partial charge in [0.15, 0.2) is 0 Å². The largest absolute Gasteiger partial charge is 0.395 e. The standard InChI is InChI=1S/C8H10ClNO2/c1-6-4-7(9)8(12)10(5-6)2-3-11/h4-5,11H,2-3H2,1H3. The van der Waals surface area contributed by atoms with Gasteiger partial charge in [-0.2, -0.15) is 0 Å². The zero-order valence-electron chi connectivity index (χ0n) is 6.75. The fourth-order valence-electron chi connectivity index (χ4n) is 1.01. The molecular weight excluding hydrogens is 178 g/mol. The van der Waals surface area contributed by atoms with Crippen molar-refractivity contribution in [2.75, 3.05) is 6.61 Å². The number of aliphatic hydroxyl groups excluding tert-OH is 1. The molecule has 0 saturated carbocycles. The predicted molar refractivity (Wildman–Crippen MR) is 47.5 cm³/mol. The maximum atomic E-state index is 11.2. The molecule has 0 aliphatic carbocycles. The van der Waals surface area contributed by atoms with Gasteiger partial charge in [0, 0.05) is 12.7 Å². The number of rotatable bonds is 2. The van der Waals surface area contributed by atoms with E-state index in [1.807, 2.05) is 6.92 Å². The summed E-state index contributed by atoms with van der Waals surface area (Å²) in [5.41, 5.74) is 0.657. The molecule has 0 aromatic carbocycles. The van der Waals surface area contributed by atoms with E-state index in [0.717, 1.165) is 5.56 Å². The Morgan fingerprint density at radius 3 is 2.92 bits per heavy atom. The second-order valence-electron chi connectivity index (χ2n) is 2.59. The van der Waals surface area contributed by atoms with Gasteiger partial charge in [0.2, 0.25) is 0 Å². The van der Waals surface area contributed by atoms with Gasteiger partial charge in [0.05, 0.1) is 6.61 Å². The molecule has 0 atom stereocenters. The quantitative estimate of drug-likeness (QED) is 0.745. The van der Waals surface area contributed by atoms with Crippen molar-refractivity contribution < 1.29 is 5.11 Å². The van der Waals surface area contributed by atoms with E-state index in [1.165, 1.54) is 4.57 Å². The minimum atomic E-state index is -0.253. The number of halogens is 1. The van der Waals surface area contributed by atoms with Crippen molar-refractivity contribution in [2.45, 2.75) is 13.5 Å². The van der Waals surface area contributed by atoms with Crippen molar-refractivity contribution in [2.24, 2.45) is 0 Å². The van der Waals surface area contributed by atoms with Crippen LogP contribution in [0.4, 0.5) is 0 Å². The zero-order chi connectivity index (χ0) is 9.14. The molecule has 1 N–H and O–H groups in total. The molecular formula is C8H10ClNO2. The van der Waals surface area contributed by atoms with Gasteiger partial charge in [0.1, 0.15) is 5.02 Å². The van der Waals surface area contributed by atoms with Crippen LogP contribution in [0.5, 0.6) is 0 Å². The lowest BCUT2D eigenvalue weighted by molar-refractivity contribution is 0.274. The molecule has 0 amide bonds. The number of hydrogen-bond acceptors (Lipinski definition) is 2. The fourth-order valence-corrected chi connectivity index (χ4v) is 1.30. The highest BCUT2D eigenvalue weighted by molar-refractivity contribution is 6.30. The summed E-state index contributed by atoms with van der Waals surface area (Å²) >= 11 is 5.64. The van der Waals surface area contributed by atoms with Crippen molar-refractivity contribution in [1.29, 1.82) is 0 Å². The van der Waals surface area contributed by atoms with E-state index in [0.29, 0.717) is 6.54 Å². The van der Waals surface area contributed by atoms with Gasteiger partial charge in [-0.05, 0) is 18.6 Å². The molecule has 0 radical (unpaired) electrons. The summed E-state index contributed by atoms with van der Waals surface area (Å²) in [5.74, 6) is 0. The molecule has 4 heteroatoms. The van der Waals surface area contributed by atoms with Gasteiger partial charge in [-0.25, -0.2) is 0 Å². The van der Waals surface area contributed by atoms with E-state index in [1.54, 1.807) is 12.3 Å². The van der Waals surface area contributed by atoms with Crippen LogP contribution in [0.3, 0.4) is 0 Å². The number of pyridine rings is 1. The highest BCUT2D eigenvalue weighted by atomic mass is 35.5. The first-order valence-electron chi connectivity index (χ1n) is 3.62. The summed E-state index contributed by atoms with van der Waals surface area (Å²) in [7, 11) is 0. The molecule has 0 aliphatic heterocycles. The van der Waals surface area contributed by atoms with Crippen LogP contribution in [0, 0.1) is 6.92 Å². The molecule has 12 heavy (non-hydrogen) atoms. The van der Waals surface area contributed by atoms with Crippen LogP contribution in [0.1, 0.15) is 5.56 Å². The minimum absolute atomic E-state index is 0.0559. The second kappa shape index (κ2) is 3.74. The Balaban J connectivity index is 3.19. The van der Waals surface area contributed by atoms with Crippen LogP contribution in [0.15, 0.2) is 17.1 Å². The Morgan fingerprint density at radius 2 is 2.33 bits per heavy atom. The molecule has 0 aliphatic rings. The lowest BCUT2D eigenvalue weighted by Gasteiger charge is -2.04. The summed E-state index contributed by atoms with van der Waals surface area (Å²) in [5, 5.41) is 8.82. The number of aryl methyl sites for hydroxylation is 1. The molecule has 3 nitrogen and oxygen atoms in total. The van der Waals surface area contributed by atoms with Crippen LogP contribution in [0.25, 0.3) is 0 Å². The summed E-state index contributed by atoms with van der Waals surface area (Å²) in [4.78, 5) is 11.2. The van der Waals surface area contributed by atoms with Crippen molar-refractivity contribution >= 4 is 11.6 Å². The van der Waals surface area contributed by atoms with Crippen LogP contribution in [-0.2, 0) is 6.54 Å². The topological polar surface area (TPSA) is 42.2 Å². The van der Waals surface area contributed by atoms with E-state index in [-0.39, 0.29) is 17.2 Å². The monoisotopic (exact) mass is 187 g/mol. The Hall–Kier alpha value is -0.800. The van der Waals surface area contributed by atoms with Crippen molar-refractivity contribution in [1.82, 2.24) is 4.57 Å². The maximum absolute atomic E-state index is 11.2. The Bertz CT molecular complexity index is 332. The maximum Gasteiger partial charge on any atom is 0.269 e. The number of nitrogens with zero attached hydrogens (tertiary/aromatic N) is 1. The first kappa shape index (κ1) is 9.29. The predicted octanol–water partition coefficient (Wildman–Crippen LogP) is 0.802. The molecule has 1 aromatic heterocycles. The van der Waals surface area contributed by atoms with E-state index in [9.17, 15) is 4.79 Å². The number of aliphatic hydroxyl groups is 1. The third-order valence-electron chi connectivity index (χ3n) is 1.52. The van der Waals surface area contributed by atoms with E-state index in [4.69, 9.17) is 16.7 Å². The van der Waals surface area contributed by atoms with E-state index >= 15 is 0 Å². The fraction of sp³-hybridized carbons (Fsp3) is 0.375. The highest BCUT2D eigenvalue weighted by Crippen LogP contribution is 2.03. The van der Waals surface area contributed by atoms with Crippen LogP contribution >= 0.6 is 11.6 Å². The Labute approximate surface area is 75.2 Å². The average Bonchev–Trinajstić information content (AvgIpc) is 2.00. The normalized spacial score (nSPS) is 10.2. The number of aromatic nitrogens is 1. The van der Waals surface area contributed by atoms with E-state index < -0.39 is 0 Å². The third kappa shape index (κ3) is 1.87. The van der Waals surface area contributed by atoms with Crippen molar-refractivity contribution in [3.05, 3.63) is 33.2 Å². The summed E-state index contributed by atoms with van der Waals surface area (Å²) < 4.78 is 1.40. The molecule has 0 bridgehead atoms. The highest BCUT2D eigenvalue weighted by Gasteiger charge is 2.00. The van der Waals surface area contributed by atoms with Gasteiger partial charge < -0.3 is 9.67 Å². The van der Waals surface area contributed by atoms with Gasteiger partial charge in [0.25, 0.3) is 5.56 Å². The lowest BCUT2D eigenvalue weighted by Crippen LogP contribution is -2.21. The molecule has 1 rings (SSSR count). The second-order valence-corrected chi connectivity index (χ2v) is 2.99. The SMILES string of the molecule is Cc1cc(Cl)c(=O)n(CCO)c1. The summed E-state index contributed by atoms with van der Waals surface area (Å²) in [6.07, 6.45) is 1.67. The molecule has 0 saturated heterocycles. The van der Waals surface area contributed by atoms with Crippen molar-refractivity contribution in [3.63, 3.8) is 0 Å². The summed E-state index contributed by atoms with van der Waals surface area (Å²) in [6.45, 7) is 2.08. The first-order chi connectivity index (χ1) is 5.65. The van der Waals surface area contributed by atoms with Crippen molar-refractivity contribution in [3.8, 4) is 0 Å². The third-order valence-corrected chi connectivity index (χ3v) is 1.79. The van der Waals surface area contributed by atoms with Gasteiger partial charge >= 0.3 is 0 Å². The first-order valence-corrected chi connectivity index (χ1v) is 4.00. The Morgan fingerprint density at radius 1 is 1.67 bits per heavy atom. The van der Waals surface area contributed by atoms with Gasteiger partial charge in [-0.1, -0.05) is 11.6 Å². The number of hydrogen-bond donors (Lipinski definition) is 1. The summed E-state index contributed by atoms with van der Waals surface area (Å²) in [6, 6.07) is 1.61. The van der Waals surface area contributed by atoms with Crippen LogP contribution < -0.4 is 5.56 Å². The molecule has 0 fully saturated rings. The molecule has 0 unspecified atom stereocenters. The molecule has 66 valence electrons. The zero-order valence-corrected chi connectivity index (χ0v) is 7.51. The molecule has 0 spiro atoms. The van der Waals surface area contributed by atoms with Crippen LogP contribution in [0.2, 0.25) is 5.02 Å². The van der Waals surface area contributed by atoms with E-state index in [2.05, 4.69) is 0 Å². The van der Waals surface area contributed by atoms with Gasteiger partial charge in [-0.15, -0.1) is 0 Å². The Kier molecular flexibility index (Phi) is 2.89. The van der Waals surface area contributed by atoms with Crippen LogP contribution in [-0.4, -0.2) is 16.3 Å².